The Hall–Kier alpha value is -2.70. The van der Waals surface area contributed by atoms with Gasteiger partial charge in [-0.1, -0.05) is 35.9 Å². The maximum absolute atomic E-state index is 13.3. The second-order valence-electron chi connectivity index (χ2n) is 6.56. The Kier molecular flexibility index (Phi) is 6.79. The highest BCUT2D eigenvalue weighted by atomic mass is 35.5. The molecular formula is C21H22ClFN4O. The first kappa shape index (κ1) is 20.0. The molecule has 146 valence electrons. The third-order valence-corrected chi connectivity index (χ3v) is 4.16. The summed E-state index contributed by atoms with van der Waals surface area (Å²) in [5.41, 5.74) is 2.74. The van der Waals surface area contributed by atoms with E-state index in [0.29, 0.717) is 29.9 Å². The summed E-state index contributed by atoms with van der Waals surface area (Å²) in [5, 5.41) is 6.65. The maximum Gasteiger partial charge on any atom is 0.229 e. The zero-order chi connectivity index (χ0) is 19.9. The number of hydrogen-bond donors (Lipinski definition) is 2. The number of benzene rings is 2. The van der Waals surface area contributed by atoms with E-state index in [0.717, 1.165) is 16.8 Å². The van der Waals surface area contributed by atoms with E-state index in [2.05, 4.69) is 20.6 Å². The molecule has 3 rings (SSSR count). The fourth-order valence-corrected chi connectivity index (χ4v) is 2.62. The van der Waals surface area contributed by atoms with Gasteiger partial charge in [0.05, 0.1) is 18.9 Å². The van der Waals surface area contributed by atoms with Crippen LogP contribution in [0.5, 0.6) is 0 Å². The average molecular weight is 401 g/mol. The Balaban J connectivity index is 1.64. The van der Waals surface area contributed by atoms with Crippen molar-refractivity contribution in [2.24, 2.45) is 0 Å². The zero-order valence-electron chi connectivity index (χ0n) is 15.7. The molecule has 3 aromatic rings. The summed E-state index contributed by atoms with van der Waals surface area (Å²) in [5.74, 6) is 0.611. The van der Waals surface area contributed by atoms with Gasteiger partial charge in [-0.25, -0.2) is 9.37 Å². The van der Waals surface area contributed by atoms with Gasteiger partial charge in [0.15, 0.2) is 5.82 Å². The number of hydrogen-bond acceptors (Lipinski definition) is 5. The lowest BCUT2D eigenvalue weighted by Crippen LogP contribution is -2.05. The molecule has 0 bridgehead atoms. The summed E-state index contributed by atoms with van der Waals surface area (Å²) in [6.07, 6.45) is 1.72. The second kappa shape index (κ2) is 9.48. The highest BCUT2D eigenvalue weighted by Gasteiger charge is 2.07. The van der Waals surface area contributed by atoms with Crippen LogP contribution in [-0.2, 0) is 17.9 Å². The third kappa shape index (κ3) is 5.90. The molecule has 28 heavy (non-hydrogen) atoms. The molecule has 0 unspecified atom stereocenters. The van der Waals surface area contributed by atoms with Crippen LogP contribution in [0.15, 0.2) is 54.7 Å². The van der Waals surface area contributed by atoms with E-state index in [1.807, 2.05) is 44.2 Å². The molecule has 0 saturated carbocycles. The summed E-state index contributed by atoms with van der Waals surface area (Å²) in [6, 6.07) is 14.2. The summed E-state index contributed by atoms with van der Waals surface area (Å²) in [6.45, 7) is 4.99. The molecular weight excluding hydrogens is 379 g/mol. The number of rotatable bonds is 8. The normalized spacial score (nSPS) is 10.9. The molecule has 7 heteroatoms. The van der Waals surface area contributed by atoms with Gasteiger partial charge >= 0.3 is 0 Å². The zero-order valence-corrected chi connectivity index (χ0v) is 16.5. The highest BCUT2D eigenvalue weighted by Crippen LogP contribution is 2.22. The second-order valence-corrected chi connectivity index (χ2v) is 6.96. The molecule has 2 aromatic carbocycles. The largest absolute Gasteiger partial charge is 0.374 e. The Labute approximate surface area is 168 Å². The molecule has 0 saturated heterocycles. The van der Waals surface area contributed by atoms with Crippen molar-refractivity contribution in [1.82, 2.24) is 9.97 Å². The van der Waals surface area contributed by atoms with E-state index in [4.69, 9.17) is 16.3 Å². The molecule has 0 aliphatic rings. The van der Waals surface area contributed by atoms with E-state index in [1.54, 1.807) is 6.07 Å². The van der Waals surface area contributed by atoms with Gasteiger partial charge in [0.25, 0.3) is 0 Å². The predicted octanol–water partition coefficient (Wildman–Crippen LogP) is 5.55. The van der Waals surface area contributed by atoms with Crippen LogP contribution in [0.2, 0.25) is 5.02 Å². The molecule has 1 heterocycles. The van der Waals surface area contributed by atoms with E-state index in [9.17, 15) is 4.39 Å². The Morgan fingerprint density at radius 3 is 2.61 bits per heavy atom. The van der Waals surface area contributed by atoms with Gasteiger partial charge < -0.3 is 15.4 Å². The molecule has 5 nitrogen and oxygen atoms in total. The first-order chi connectivity index (χ1) is 13.5. The van der Waals surface area contributed by atoms with Crippen LogP contribution in [0.4, 0.5) is 21.8 Å². The Bertz CT molecular complexity index is 919. The Morgan fingerprint density at radius 1 is 1.11 bits per heavy atom. The van der Waals surface area contributed by atoms with Crippen LogP contribution in [0.3, 0.4) is 0 Å². The van der Waals surface area contributed by atoms with E-state index < -0.39 is 0 Å². The standard InChI is InChI=1S/C21H22ClFN4O/c1-14(2)28-13-15-6-8-18(9-7-15)26-21-25-12-19(22)20(27-21)24-11-16-4-3-5-17(23)10-16/h3-10,12,14H,11,13H2,1-2H3,(H2,24,25,26,27). The van der Waals surface area contributed by atoms with E-state index in [1.165, 1.54) is 18.3 Å². The minimum atomic E-state index is -0.280. The van der Waals surface area contributed by atoms with Gasteiger partial charge in [-0.15, -0.1) is 0 Å². The molecule has 0 fully saturated rings. The highest BCUT2D eigenvalue weighted by molar-refractivity contribution is 6.32. The van der Waals surface area contributed by atoms with E-state index >= 15 is 0 Å². The van der Waals surface area contributed by atoms with Crippen LogP contribution in [-0.4, -0.2) is 16.1 Å². The third-order valence-electron chi connectivity index (χ3n) is 3.89. The van der Waals surface area contributed by atoms with Gasteiger partial charge in [-0.05, 0) is 49.2 Å². The average Bonchev–Trinajstić information content (AvgIpc) is 2.68. The number of ether oxygens (including phenoxy) is 1. The van der Waals surface area contributed by atoms with Crippen molar-refractivity contribution in [3.63, 3.8) is 0 Å². The van der Waals surface area contributed by atoms with E-state index in [-0.39, 0.29) is 11.9 Å². The quantitative estimate of drug-likeness (QED) is 0.519. The summed E-state index contributed by atoms with van der Waals surface area (Å²) >= 11 is 6.17. The number of nitrogens with one attached hydrogen (secondary N) is 2. The fraction of sp³-hybridized carbons (Fsp3) is 0.238. The van der Waals surface area contributed by atoms with Crippen LogP contribution >= 0.6 is 11.6 Å². The minimum absolute atomic E-state index is 0.193. The van der Waals surface area contributed by atoms with Crippen LogP contribution in [0.25, 0.3) is 0 Å². The lowest BCUT2D eigenvalue weighted by atomic mass is 10.2. The van der Waals surface area contributed by atoms with Gasteiger partial charge in [-0.3, -0.25) is 0 Å². The number of halogens is 2. The van der Waals surface area contributed by atoms with Gasteiger partial charge in [0, 0.05) is 12.2 Å². The van der Waals surface area contributed by atoms with Crippen LogP contribution in [0.1, 0.15) is 25.0 Å². The van der Waals surface area contributed by atoms with Crippen molar-refractivity contribution >= 4 is 29.1 Å². The predicted molar refractivity (Wildman–Crippen MR) is 110 cm³/mol. The summed E-state index contributed by atoms with van der Waals surface area (Å²) in [7, 11) is 0. The van der Waals surface area contributed by atoms with Gasteiger partial charge in [-0.2, -0.15) is 4.98 Å². The first-order valence-corrected chi connectivity index (χ1v) is 9.36. The lowest BCUT2D eigenvalue weighted by molar-refractivity contribution is 0.0657. The van der Waals surface area contributed by atoms with Crippen molar-refractivity contribution in [2.75, 3.05) is 10.6 Å². The van der Waals surface area contributed by atoms with Crippen molar-refractivity contribution in [3.05, 3.63) is 76.7 Å². The van der Waals surface area contributed by atoms with Crippen LogP contribution < -0.4 is 10.6 Å². The molecule has 0 atom stereocenters. The van der Waals surface area contributed by atoms with Crippen molar-refractivity contribution in [3.8, 4) is 0 Å². The molecule has 0 aliphatic carbocycles. The number of anilines is 3. The molecule has 2 N–H and O–H groups in total. The number of aromatic nitrogens is 2. The van der Waals surface area contributed by atoms with Gasteiger partial charge in [0.1, 0.15) is 10.8 Å². The molecule has 0 radical (unpaired) electrons. The SMILES string of the molecule is CC(C)OCc1ccc(Nc2ncc(Cl)c(NCc3cccc(F)c3)n2)cc1. The van der Waals surface area contributed by atoms with Crippen molar-refractivity contribution < 1.29 is 9.13 Å². The van der Waals surface area contributed by atoms with Gasteiger partial charge in [0.2, 0.25) is 5.95 Å². The summed E-state index contributed by atoms with van der Waals surface area (Å²) in [4.78, 5) is 8.61. The maximum atomic E-state index is 13.3. The lowest BCUT2D eigenvalue weighted by Gasteiger charge is -2.11. The fourth-order valence-electron chi connectivity index (χ4n) is 2.46. The molecule has 0 spiro atoms. The minimum Gasteiger partial charge on any atom is -0.374 e. The molecule has 0 aliphatic heterocycles. The smallest absolute Gasteiger partial charge is 0.229 e. The Morgan fingerprint density at radius 2 is 1.89 bits per heavy atom. The number of nitrogens with zero attached hydrogens (tertiary/aromatic N) is 2. The monoisotopic (exact) mass is 400 g/mol. The molecule has 1 aromatic heterocycles. The summed E-state index contributed by atoms with van der Waals surface area (Å²) < 4.78 is 18.9. The van der Waals surface area contributed by atoms with Crippen molar-refractivity contribution in [1.29, 1.82) is 0 Å². The molecule has 0 amide bonds. The van der Waals surface area contributed by atoms with Crippen LogP contribution in [0, 0.1) is 5.82 Å². The van der Waals surface area contributed by atoms with Crippen molar-refractivity contribution in [2.45, 2.75) is 33.1 Å². The topological polar surface area (TPSA) is 59.1 Å². The first-order valence-electron chi connectivity index (χ1n) is 8.98.